The lowest BCUT2D eigenvalue weighted by atomic mass is 9.92. The Labute approximate surface area is 142 Å². The maximum absolute atomic E-state index is 12.2. The van der Waals surface area contributed by atoms with Crippen LogP contribution >= 0.6 is 0 Å². The number of ether oxygens (including phenoxy) is 2. The number of nitrogens with one attached hydrogen (secondary N) is 1. The van der Waals surface area contributed by atoms with Crippen LogP contribution in [0.15, 0.2) is 18.3 Å². The molecule has 1 aromatic heterocycles. The van der Waals surface area contributed by atoms with Gasteiger partial charge in [-0.1, -0.05) is 6.07 Å². The van der Waals surface area contributed by atoms with Gasteiger partial charge in [0, 0.05) is 25.2 Å². The number of carbonyl (C=O) groups is 2. The zero-order chi connectivity index (χ0) is 17.7. The smallest absolute Gasteiger partial charge is 0.303 e. The standard InChI is InChI=1S/C18H26N2O4/c1-12-5-10-16(19-11-12)23-15-8-6-14(7-9-15)20-17(22)18(3,4)24-13(2)21/h5,10-11,14-15H,6-9H2,1-4H3,(H,20,22). The highest BCUT2D eigenvalue weighted by molar-refractivity contribution is 5.86. The van der Waals surface area contributed by atoms with Crippen molar-refractivity contribution in [1.29, 1.82) is 0 Å². The molecule has 0 unspecified atom stereocenters. The zero-order valence-corrected chi connectivity index (χ0v) is 14.8. The molecule has 0 spiro atoms. The third kappa shape index (κ3) is 5.22. The van der Waals surface area contributed by atoms with Crippen molar-refractivity contribution in [2.45, 2.75) is 71.1 Å². The van der Waals surface area contributed by atoms with E-state index >= 15 is 0 Å². The molecule has 1 heterocycles. The van der Waals surface area contributed by atoms with E-state index in [1.54, 1.807) is 20.0 Å². The largest absolute Gasteiger partial charge is 0.474 e. The van der Waals surface area contributed by atoms with Gasteiger partial charge in [0.25, 0.3) is 5.91 Å². The van der Waals surface area contributed by atoms with Crippen LogP contribution in [0.2, 0.25) is 0 Å². The summed E-state index contributed by atoms with van der Waals surface area (Å²) in [6.45, 7) is 6.49. The predicted molar refractivity (Wildman–Crippen MR) is 89.6 cm³/mol. The quantitative estimate of drug-likeness (QED) is 0.837. The second-order valence-corrected chi connectivity index (χ2v) is 6.84. The van der Waals surface area contributed by atoms with Gasteiger partial charge in [0.05, 0.1) is 0 Å². The van der Waals surface area contributed by atoms with Crippen LogP contribution in [0, 0.1) is 6.92 Å². The Morgan fingerprint density at radius 3 is 2.42 bits per heavy atom. The Kier molecular flexibility index (Phi) is 5.80. The van der Waals surface area contributed by atoms with Gasteiger partial charge in [-0.15, -0.1) is 0 Å². The van der Waals surface area contributed by atoms with Crippen LogP contribution in [0.25, 0.3) is 0 Å². The minimum absolute atomic E-state index is 0.0816. The summed E-state index contributed by atoms with van der Waals surface area (Å²) in [5, 5.41) is 2.97. The van der Waals surface area contributed by atoms with Gasteiger partial charge >= 0.3 is 5.97 Å². The van der Waals surface area contributed by atoms with Crippen molar-refractivity contribution in [1.82, 2.24) is 10.3 Å². The summed E-state index contributed by atoms with van der Waals surface area (Å²) < 4.78 is 11.0. The van der Waals surface area contributed by atoms with E-state index in [4.69, 9.17) is 9.47 Å². The van der Waals surface area contributed by atoms with E-state index in [0.717, 1.165) is 31.2 Å². The third-order valence-corrected chi connectivity index (χ3v) is 4.13. The fourth-order valence-corrected chi connectivity index (χ4v) is 2.78. The fraction of sp³-hybridized carbons (Fsp3) is 0.611. The van der Waals surface area contributed by atoms with Gasteiger partial charge in [-0.3, -0.25) is 9.59 Å². The molecule has 1 aromatic rings. The first-order chi connectivity index (χ1) is 11.3. The Hall–Kier alpha value is -2.11. The van der Waals surface area contributed by atoms with Crippen molar-refractivity contribution in [3.8, 4) is 5.88 Å². The van der Waals surface area contributed by atoms with Crippen LogP contribution in [-0.4, -0.2) is 34.6 Å². The number of nitrogens with zero attached hydrogens (tertiary/aromatic N) is 1. The number of aromatic nitrogens is 1. The molecule has 1 saturated carbocycles. The second-order valence-electron chi connectivity index (χ2n) is 6.84. The Balaban J connectivity index is 1.79. The first-order valence-corrected chi connectivity index (χ1v) is 8.36. The Morgan fingerprint density at radius 1 is 1.21 bits per heavy atom. The van der Waals surface area contributed by atoms with Gasteiger partial charge in [-0.25, -0.2) is 4.98 Å². The Morgan fingerprint density at radius 2 is 1.88 bits per heavy atom. The van der Waals surface area contributed by atoms with Gasteiger partial charge in [-0.05, 0) is 52.0 Å². The molecular formula is C18H26N2O4. The SMILES string of the molecule is CC(=O)OC(C)(C)C(=O)NC1CCC(Oc2ccc(C)cn2)CC1. The number of hydrogen-bond acceptors (Lipinski definition) is 5. The molecule has 0 aromatic carbocycles. The van der Waals surface area contributed by atoms with Gasteiger partial charge in [0.1, 0.15) is 6.10 Å². The van der Waals surface area contributed by atoms with Crippen LogP contribution in [0.1, 0.15) is 52.0 Å². The van der Waals surface area contributed by atoms with E-state index in [-0.39, 0.29) is 18.1 Å². The lowest BCUT2D eigenvalue weighted by Gasteiger charge is -2.31. The number of aryl methyl sites for hydroxylation is 1. The molecule has 6 heteroatoms. The first kappa shape index (κ1) is 18.2. The third-order valence-electron chi connectivity index (χ3n) is 4.13. The highest BCUT2D eigenvalue weighted by Gasteiger charge is 2.33. The summed E-state index contributed by atoms with van der Waals surface area (Å²) in [6.07, 6.45) is 5.29. The molecule has 1 aliphatic rings. The van der Waals surface area contributed by atoms with E-state index in [1.165, 1.54) is 6.92 Å². The number of amides is 1. The van der Waals surface area contributed by atoms with Gasteiger partial charge in [-0.2, -0.15) is 0 Å². The average Bonchev–Trinajstić information content (AvgIpc) is 2.50. The van der Waals surface area contributed by atoms with Crippen molar-refractivity contribution in [3.63, 3.8) is 0 Å². The summed E-state index contributed by atoms with van der Waals surface area (Å²) in [5.41, 5.74) is -0.0467. The van der Waals surface area contributed by atoms with Crippen molar-refractivity contribution in [2.24, 2.45) is 0 Å². The monoisotopic (exact) mass is 334 g/mol. The van der Waals surface area contributed by atoms with E-state index in [1.807, 2.05) is 19.1 Å². The van der Waals surface area contributed by atoms with Gasteiger partial charge in [0.2, 0.25) is 5.88 Å². The highest BCUT2D eigenvalue weighted by atomic mass is 16.6. The molecule has 1 fully saturated rings. The molecule has 0 bridgehead atoms. The number of pyridine rings is 1. The molecule has 1 amide bonds. The molecule has 1 aliphatic carbocycles. The summed E-state index contributed by atoms with van der Waals surface area (Å²) in [6, 6.07) is 3.94. The van der Waals surface area contributed by atoms with E-state index in [2.05, 4.69) is 10.3 Å². The van der Waals surface area contributed by atoms with Crippen molar-refractivity contribution in [3.05, 3.63) is 23.9 Å². The molecule has 132 valence electrons. The number of hydrogen-bond donors (Lipinski definition) is 1. The molecule has 0 aliphatic heterocycles. The summed E-state index contributed by atoms with van der Waals surface area (Å²) >= 11 is 0. The van der Waals surface area contributed by atoms with Crippen LogP contribution in [0.5, 0.6) is 5.88 Å². The average molecular weight is 334 g/mol. The van der Waals surface area contributed by atoms with E-state index < -0.39 is 11.6 Å². The second kappa shape index (κ2) is 7.64. The molecule has 0 atom stereocenters. The maximum atomic E-state index is 12.2. The van der Waals surface area contributed by atoms with E-state index in [9.17, 15) is 9.59 Å². The molecular weight excluding hydrogens is 308 g/mol. The van der Waals surface area contributed by atoms with Gasteiger partial charge < -0.3 is 14.8 Å². The van der Waals surface area contributed by atoms with Crippen molar-refractivity contribution < 1.29 is 19.1 Å². The van der Waals surface area contributed by atoms with Crippen LogP contribution < -0.4 is 10.1 Å². The molecule has 24 heavy (non-hydrogen) atoms. The molecule has 1 N–H and O–H groups in total. The van der Waals surface area contributed by atoms with E-state index in [0.29, 0.717) is 5.88 Å². The van der Waals surface area contributed by atoms with Gasteiger partial charge in [0.15, 0.2) is 5.60 Å². The minimum Gasteiger partial charge on any atom is -0.474 e. The lowest BCUT2D eigenvalue weighted by molar-refractivity contribution is -0.163. The van der Waals surface area contributed by atoms with Crippen LogP contribution in [0.4, 0.5) is 0 Å². The minimum atomic E-state index is -1.15. The summed E-state index contributed by atoms with van der Waals surface area (Å²) in [4.78, 5) is 27.6. The van der Waals surface area contributed by atoms with Crippen LogP contribution in [0.3, 0.4) is 0 Å². The topological polar surface area (TPSA) is 77.5 Å². The van der Waals surface area contributed by atoms with Crippen molar-refractivity contribution in [2.75, 3.05) is 0 Å². The normalized spacial score (nSPS) is 21.0. The number of rotatable bonds is 5. The number of carbonyl (C=O) groups excluding carboxylic acids is 2. The lowest BCUT2D eigenvalue weighted by Crippen LogP contribution is -2.50. The molecule has 6 nitrogen and oxygen atoms in total. The molecule has 2 rings (SSSR count). The Bertz CT molecular complexity index is 575. The highest BCUT2D eigenvalue weighted by Crippen LogP contribution is 2.23. The zero-order valence-electron chi connectivity index (χ0n) is 14.8. The maximum Gasteiger partial charge on any atom is 0.303 e. The fourth-order valence-electron chi connectivity index (χ4n) is 2.78. The summed E-state index contributed by atoms with van der Waals surface area (Å²) in [7, 11) is 0. The molecule has 0 radical (unpaired) electrons. The van der Waals surface area contributed by atoms with Crippen molar-refractivity contribution >= 4 is 11.9 Å². The first-order valence-electron chi connectivity index (χ1n) is 8.36. The molecule has 0 saturated heterocycles. The predicted octanol–water partition coefficient (Wildman–Crippen LogP) is 2.54. The van der Waals surface area contributed by atoms with Crippen LogP contribution in [-0.2, 0) is 14.3 Å². The number of esters is 1. The summed E-state index contributed by atoms with van der Waals surface area (Å²) in [5.74, 6) is -0.0794.